The fourth-order valence-electron chi connectivity index (χ4n) is 1.23. The molecule has 1 heterocycles. The van der Waals surface area contributed by atoms with E-state index in [1.807, 2.05) is 47.7 Å². The second-order valence-corrected chi connectivity index (χ2v) is 3.85. The van der Waals surface area contributed by atoms with Gasteiger partial charge in [0.2, 0.25) is 0 Å². The lowest BCUT2D eigenvalue weighted by molar-refractivity contribution is 0.996. The number of benzene rings is 1. The third kappa shape index (κ3) is 1.75. The second kappa shape index (κ2) is 3.75. The molecule has 72 valence electrons. The van der Waals surface area contributed by atoms with Crippen LogP contribution in [0.15, 0.2) is 46.5 Å². The van der Waals surface area contributed by atoms with E-state index in [0.717, 1.165) is 11.4 Å². The van der Waals surface area contributed by atoms with Crippen molar-refractivity contribution in [3.05, 3.63) is 41.4 Å². The van der Waals surface area contributed by atoms with Crippen molar-refractivity contribution >= 4 is 22.6 Å². The van der Waals surface area contributed by atoms with Crippen LogP contribution in [0.1, 0.15) is 6.92 Å². The fourth-order valence-corrected chi connectivity index (χ4v) is 1.75. The van der Waals surface area contributed by atoms with Crippen LogP contribution in [0, 0.1) is 0 Å². The van der Waals surface area contributed by atoms with Crippen LogP contribution in [0.4, 0.5) is 5.69 Å². The van der Waals surface area contributed by atoms with E-state index in [9.17, 15) is 0 Å². The summed E-state index contributed by atoms with van der Waals surface area (Å²) in [5.41, 5.74) is 7.76. The lowest BCUT2D eigenvalue weighted by Crippen LogP contribution is -2.22. The van der Waals surface area contributed by atoms with Crippen molar-refractivity contribution in [1.29, 1.82) is 0 Å². The van der Waals surface area contributed by atoms with Gasteiger partial charge in [-0.25, -0.2) is 5.01 Å². The predicted molar refractivity (Wildman–Crippen MR) is 61.9 cm³/mol. The molecule has 0 spiro atoms. The quantitative estimate of drug-likeness (QED) is 0.765. The highest BCUT2D eigenvalue weighted by atomic mass is 32.2. The average Bonchev–Trinajstić information content (AvgIpc) is 2.23. The molecule has 0 amide bonds. The molecular weight excluding hydrogens is 194 g/mol. The molecule has 0 bridgehead atoms. The molecule has 0 saturated heterocycles. The van der Waals surface area contributed by atoms with Gasteiger partial charge in [-0.1, -0.05) is 30.0 Å². The van der Waals surface area contributed by atoms with Gasteiger partial charge >= 0.3 is 0 Å². The first-order valence-electron chi connectivity index (χ1n) is 4.30. The molecule has 2 rings (SSSR count). The van der Waals surface area contributed by atoms with Crippen LogP contribution in [0.3, 0.4) is 0 Å². The molecule has 0 radical (unpaired) electrons. The molecular formula is C10H11N3S. The largest absolute Gasteiger partial charge is 0.377 e. The highest BCUT2D eigenvalue weighted by molar-refractivity contribution is 8.16. The molecule has 0 aliphatic carbocycles. The molecule has 0 saturated carbocycles. The number of thioether (sulfide) groups is 1. The lowest BCUT2D eigenvalue weighted by atomic mass is 10.3. The number of hydrazone groups is 1. The van der Waals surface area contributed by atoms with Crippen LogP contribution in [0.25, 0.3) is 0 Å². The Balaban J connectivity index is 2.34. The summed E-state index contributed by atoms with van der Waals surface area (Å²) in [7, 11) is 0. The Morgan fingerprint density at radius 1 is 1.29 bits per heavy atom. The minimum absolute atomic E-state index is 0.569. The third-order valence-corrected chi connectivity index (χ3v) is 2.67. The number of allylic oxidation sites excluding steroid dienone is 1. The lowest BCUT2D eigenvalue weighted by Gasteiger charge is -2.22. The van der Waals surface area contributed by atoms with Crippen LogP contribution < -0.4 is 10.7 Å². The summed E-state index contributed by atoms with van der Waals surface area (Å²) in [5.74, 6) is 0. The van der Waals surface area contributed by atoms with Crippen molar-refractivity contribution in [2.45, 2.75) is 6.92 Å². The van der Waals surface area contributed by atoms with E-state index in [4.69, 9.17) is 5.73 Å². The van der Waals surface area contributed by atoms with Crippen molar-refractivity contribution in [2.24, 2.45) is 10.8 Å². The number of nitrogens with zero attached hydrogens (tertiary/aromatic N) is 2. The molecule has 2 N–H and O–H groups in total. The fraction of sp³-hybridized carbons (Fsp3) is 0.100. The second-order valence-electron chi connectivity index (χ2n) is 2.96. The topological polar surface area (TPSA) is 41.6 Å². The summed E-state index contributed by atoms with van der Waals surface area (Å²) in [4.78, 5) is 0. The van der Waals surface area contributed by atoms with Gasteiger partial charge in [-0.2, -0.15) is 0 Å². The van der Waals surface area contributed by atoms with Gasteiger partial charge < -0.3 is 5.73 Å². The van der Waals surface area contributed by atoms with Crippen molar-refractivity contribution in [3.63, 3.8) is 0 Å². The van der Waals surface area contributed by atoms with E-state index < -0.39 is 0 Å². The Labute approximate surface area is 87.3 Å². The zero-order valence-electron chi connectivity index (χ0n) is 7.84. The Morgan fingerprint density at radius 3 is 2.71 bits per heavy atom. The minimum atomic E-state index is 0.569. The van der Waals surface area contributed by atoms with Gasteiger partial charge in [0.15, 0.2) is 5.17 Å². The van der Waals surface area contributed by atoms with Crippen LogP contribution >= 0.6 is 11.8 Å². The summed E-state index contributed by atoms with van der Waals surface area (Å²) in [6.07, 6.45) is 0. The number of nitrogens with two attached hydrogens (primary N) is 1. The molecule has 1 aromatic rings. The van der Waals surface area contributed by atoms with Gasteiger partial charge in [-0.15, -0.1) is 5.10 Å². The molecule has 1 aliphatic rings. The molecule has 0 atom stereocenters. The van der Waals surface area contributed by atoms with Crippen molar-refractivity contribution < 1.29 is 0 Å². The van der Waals surface area contributed by atoms with Crippen LogP contribution in [0.5, 0.6) is 0 Å². The zero-order valence-corrected chi connectivity index (χ0v) is 8.66. The van der Waals surface area contributed by atoms with E-state index in [2.05, 4.69) is 5.10 Å². The number of para-hydroxylation sites is 1. The first-order chi connectivity index (χ1) is 6.77. The van der Waals surface area contributed by atoms with E-state index in [1.54, 1.807) is 0 Å². The maximum atomic E-state index is 5.65. The molecule has 14 heavy (non-hydrogen) atoms. The number of rotatable bonds is 1. The monoisotopic (exact) mass is 205 g/mol. The van der Waals surface area contributed by atoms with Crippen LogP contribution in [-0.4, -0.2) is 5.17 Å². The zero-order chi connectivity index (χ0) is 9.97. The number of amidine groups is 1. The molecule has 4 heteroatoms. The van der Waals surface area contributed by atoms with E-state index in [1.165, 1.54) is 11.8 Å². The van der Waals surface area contributed by atoms with Gasteiger partial charge in [0, 0.05) is 11.1 Å². The Kier molecular flexibility index (Phi) is 2.45. The number of hydrogen-bond acceptors (Lipinski definition) is 4. The van der Waals surface area contributed by atoms with E-state index in [0.29, 0.717) is 5.17 Å². The van der Waals surface area contributed by atoms with Gasteiger partial charge in [0.25, 0.3) is 0 Å². The van der Waals surface area contributed by atoms with Gasteiger partial charge in [0.05, 0.1) is 5.69 Å². The van der Waals surface area contributed by atoms with Gasteiger partial charge in [-0.3, -0.25) is 0 Å². The SMILES string of the molecule is CC1=CSC(N)=NN1c1ccccc1. The molecule has 1 aliphatic heterocycles. The summed E-state index contributed by atoms with van der Waals surface area (Å²) in [5, 5.41) is 8.66. The summed E-state index contributed by atoms with van der Waals surface area (Å²) in [6.45, 7) is 2.01. The molecule has 0 unspecified atom stereocenters. The maximum absolute atomic E-state index is 5.65. The first-order valence-corrected chi connectivity index (χ1v) is 5.18. The Bertz CT molecular complexity index is 384. The maximum Gasteiger partial charge on any atom is 0.183 e. The third-order valence-electron chi connectivity index (χ3n) is 1.88. The molecule has 3 nitrogen and oxygen atoms in total. The molecule has 0 aromatic heterocycles. The predicted octanol–water partition coefficient (Wildman–Crippen LogP) is 2.33. The van der Waals surface area contributed by atoms with Crippen molar-refractivity contribution in [3.8, 4) is 0 Å². The van der Waals surface area contributed by atoms with E-state index >= 15 is 0 Å². The van der Waals surface area contributed by atoms with Gasteiger partial charge in [0.1, 0.15) is 0 Å². The molecule has 1 aromatic carbocycles. The van der Waals surface area contributed by atoms with Crippen LogP contribution in [0.2, 0.25) is 0 Å². The average molecular weight is 205 g/mol. The van der Waals surface area contributed by atoms with E-state index in [-0.39, 0.29) is 0 Å². The highest BCUT2D eigenvalue weighted by Gasteiger charge is 2.11. The number of hydrogen-bond donors (Lipinski definition) is 1. The highest BCUT2D eigenvalue weighted by Crippen LogP contribution is 2.25. The standard InChI is InChI=1S/C10H11N3S/c1-8-7-14-10(11)12-13(8)9-5-3-2-4-6-9/h2-7H,1H3,(H2,11,12). The summed E-state index contributed by atoms with van der Waals surface area (Å²) >= 11 is 1.45. The smallest absolute Gasteiger partial charge is 0.183 e. The minimum Gasteiger partial charge on any atom is -0.377 e. The van der Waals surface area contributed by atoms with Crippen molar-refractivity contribution in [1.82, 2.24) is 0 Å². The van der Waals surface area contributed by atoms with Gasteiger partial charge in [-0.05, 0) is 19.1 Å². The van der Waals surface area contributed by atoms with Crippen molar-refractivity contribution in [2.75, 3.05) is 5.01 Å². The number of anilines is 1. The first kappa shape index (κ1) is 9.15. The summed E-state index contributed by atoms with van der Waals surface area (Å²) in [6, 6.07) is 9.95. The summed E-state index contributed by atoms with van der Waals surface area (Å²) < 4.78 is 0. The van der Waals surface area contributed by atoms with Crippen LogP contribution in [-0.2, 0) is 0 Å². The normalized spacial score (nSPS) is 16.2. The molecule has 0 fully saturated rings. The Morgan fingerprint density at radius 2 is 2.00 bits per heavy atom. The Hall–Kier alpha value is -1.42.